The molecule has 1 aromatic heterocycles. The molecule has 0 saturated carbocycles. The molecule has 14 heavy (non-hydrogen) atoms. The van der Waals surface area contributed by atoms with Gasteiger partial charge in [0.1, 0.15) is 0 Å². The van der Waals surface area contributed by atoms with Gasteiger partial charge >= 0.3 is 0 Å². The molecule has 0 radical (unpaired) electrons. The van der Waals surface area contributed by atoms with Gasteiger partial charge in [-0.3, -0.25) is 5.10 Å². The molecule has 4 heteroatoms. The number of hydrogen-bond donors (Lipinski definition) is 2. The van der Waals surface area contributed by atoms with E-state index in [1.807, 2.05) is 0 Å². The quantitative estimate of drug-likeness (QED) is 0.678. The smallest absolute Gasteiger partial charge is 0.153 e. The minimum absolute atomic E-state index is 0.337. The van der Waals surface area contributed by atoms with Crippen molar-refractivity contribution < 1.29 is 0 Å². The first-order chi connectivity index (χ1) is 6.84. The lowest BCUT2D eigenvalue weighted by molar-refractivity contribution is 0.750. The van der Waals surface area contributed by atoms with E-state index in [1.165, 1.54) is 36.3 Å². The van der Waals surface area contributed by atoms with Gasteiger partial charge in [0, 0.05) is 30.4 Å². The highest BCUT2D eigenvalue weighted by Crippen LogP contribution is 2.30. The maximum Gasteiger partial charge on any atom is 0.153 e. The van der Waals surface area contributed by atoms with E-state index in [-0.39, 0.29) is 0 Å². The van der Waals surface area contributed by atoms with E-state index in [4.69, 9.17) is 5.73 Å². The number of fused-ring (bicyclic) bond motifs is 1. The lowest BCUT2D eigenvalue weighted by Gasteiger charge is -2.15. The first-order valence-electron chi connectivity index (χ1n) is 5.41. The monoisotopic (exact) mass is 192 g/mol. The summed E-state index contributed by atoms with van der Waals surface area (Å²) < 4.78 is 0. The Morgan fingerprint density at radius 2 is 2.36 bits per heavy atom. The zero-order valence-electron chi connectivity index (χ0n) is 8.29. The molecule has 0 bridgehead atoms. The third-order valence-corrected chi connectivity index (χ3v) is 3.31. The standard InChI is InChI=1S/C10H16N4/c11-7-4-5-14(6-7)10-8-2-1-3-9(8)12-13-10/h7H,1-6,11H2,(H,12,13). The van der Waals surface area contributed by atoms with Gasteiger partial charge in [-0.2, -0.15) is 5.10 Å². The number of nitrogens with zero attached hydrogens (tertiary/aromatic N) is 2. The van der Waals surface area contributed by atoms with Gasteiger partial charge < -0.3 is 10.6 Å². The van der Waals surface area contributed by atoms with Crippen LogP contribution in [0.3, 0.4) is 0 Å². The van der Waals surface area contributed by atoms with Crippen LogP contribution in [0.5, 0.6) is 0 Å². The topological polar surface area (TPSA) is 57.9 Å². The summed E-state index contributed by atoms with van der Waals surface area (Å²) >= 11 is 0. The van der Waals surface area contributed by atoms with Crippen molar-refractivity contribution in [1.29, 1.82) is 0 Å². The molecule has 3 N–H and O–H groups in total. The lowest BCUT2D eigenvalue weighted by Crippen LogP contribution is -2.27. The van der Waals surface area contributed by atoms with Crippen LogP contribution in [-0.4, -0.2) is 29.3 Å². The summed E-state index contributed by atoms with van der Waals surface area (Å²) in [5.41, 5.74) is 8.69. The molecule has 76 valence electrons. The summed E-state index contributed by atoms with van der Waals surface area (Å²) in [5.74, 6) is 1.17. The third-order valence-electron chi connectivity index (χ3n) is 3.31. The molecule has 0 amide bonds. The van der Waals surface area contributed by atoms with E-state index >= 15 is 0 Å². The van der Waals surface area contributed by atoms with Crippen LogP contribution in [0.4, 0.5) is 5.82 Å². The van der Waals surface area contributed by atoms with Gasteiger partial charge in [0.05, 0.1) is 0 Å². The van der Waals surface area contributed by atoms with Gasteiger partial charge in [-0.1, -0.05) is 0 Å². The molecule has 1 fully saturated rings. The highest BCUT2D eigenvalue weighted by molar-refractivity contribution is 5.51. The van der Waals surface area contributed by atoms with Crippen LogP contribution in [0.15, 0.2) is 0 Å². The highest BCUT2D eigenvalue weighted by Gasteiger charge is 2.26. The molecule has 1 aliphatic carbocycles. The zero-order chi connectivity index (χ0) is 9.54. The van der Waals surface area contributed by atoms with E-state index in [1.54, 1.807) is 0 Å². The summed E-state index contributed by atoms with van der Waals surface area (Å²) in [6.45, 7) is 2.04. The number of nitrogens with two attached hydrogens (primary N) is 1. The molecule has 0 spiro atoms. The van der Waals surface area contributed by atoms with Crippen molar-refractivity contribution in [2.75, 3.05) is 18.0 Å². The molecule has 0 aromatic carbocycles. The van der Waals surface area contributed by atoms with Crippen LogP contribution in [0.2, 0.25) is 0 Å². The van der Waals surface area contributed by atoms with Crippen LogP contribution in [0, 0.1) is 0 Å². The number of H-pyrrole nitrogens is 1. The molecule has 1 atom stereocenters. The van der Waals surface area contributed by atoms with E-state index in [0.717, 1.165) is 19.5 Å². The average Bonchev–Trinajstić information content (AvgIpc) is 2.77. The first kappa shape index (κ1) is 8.29. The van der Waals surface area contributed by atoms with E-state index in [9.17, 15) is 0 Å². The molecule has 2 aliphatic rings. The Morgan fingerprint density at radius 1 is 1.43 bits per heavy atom. The third kappa shape index (κ3) is 1.14. The lowest BCUT2D eigenvalue weighted by atomic mass is 10.2. The van der Waals surface area contributed by atoms with Crippen LogP contribution >= 0.6 is 0 Å². The van der Waals surface area contributed by atoms with Crippen molar-refractivity contribution in [2.24, 2.45) is 5.73 Å². The number of nitrogens with one attached hydrogen (secondary N) is 1. The fraction of sp³-hybridized carbons (Fsp3) is 0.700. The molecular weight excluding hydrogens is 176 g/mol. The Morgan fingerprint density at radius 3 is 3.14 bits per heavy atom. The number of anilines is 1. The predicted octanol–water partition coefficient (Wildman–Crippen LogP) is 0.436. The van der Waals surface area contributed by atoms with Crippen molar-refractivity contribution >= 4 is 5.82 Å². The SMILES string of the molecule is NC1CCN(c2n[nH]c3c2CCC3)C1. The largest absolute Gasteiger partial charge is 0.353 e. The summed E-state index contributed by atoms with van der Waals surface area (Å²) in [6, 6.07) is 0.337. The van der Waals surface area contributed by atoms with Crippen LogP contribution in [0.1, 0.15) is 24.1 Å². The second-order valence-electron chi connectivity index (χ2n) is 4.35. The Kier molecular flexibility index (Phi) is 1.77. The molecule has 2 heterocycles. The Labute approximate surface area is 83.5 Å². The van der Waals surface area contributed by atoms with Gasteiger partial charge in [0.2, 0.25) is 0 Å². The van der Waals surface area contributed by atoms with Crippen molar-refractivity contribution in [3.05, 3.63) is 11.3 Å². The van der Waals surface area contributed by atoms with E-state index < -0.39 is 0 Å². The maximum absolute atomic E-state index is 5.90. The van der Waals surface area contributed by atoms with Gasteiger partial charge in [-0.25, -0.2) is 0 Å². The van der Waals surface area contributed by atoms with Crippen molar-refractivity contribution in [1.82, 2.24) is 10.2 Å². The summed E-state index contributed by atoms with van der Waals surface area (Å²) in [6.07, 6.45) is 4.73. The zero-order valence-corrected chi connectivity index (χ0v) is 8.29. The number of aromatic nitrogens is 2. The predicted molar refractivity (Wildman–Crippen MR) is 55.4 cm³/mol. The number of aryl methyl sites for hydroxylation is 1. The Balaban J connectivity index is 1.89. The second-order valence-corrected chi connectivity index (χ2v) is 4.35. The normalized spacial score (nSPS) is 25.8. The van der Waals surface area contributed by atoms with Gasteiger partial charge in [-0.05, 0) is 25.7 Å². The average molecular weight is 192 g/mol. The fourth-order valence-electron chi connectivity index (χ4n) is 2.54. The molecule has 4 nitrogen and oxygen atoms in total. The molecule has 1 aromatic rings. The Bertz CT molecular complexity index is 344. The number of rotatable bonds is 1. The first-order valence-corrected chi connectivity index (χ1v) is 5.41. The molecule has 3 rings (SSSR count). The second kappa shape index (κ2) is 2.98. The fourth-order valence-corrected chi connectivity index (χ4v) is 2.54. The minimum Gasteiger partial charge on any atom is -0.353 e. The van der Waals surface area contributed by atoms with Crippen LogP contribution < -0.4 is 10.6 Å². The van der Waals surface area contributed by atoms with Crippen molar-refractivity contribution in [2.45, 2.75) is 31.7 Å². The summed E-state index contributed by atoms with van der Waals surface area (Å²) in [5, 5.41) is 7.55. The summed E-state index contributed by atoms with van der Waals surface area (Å²) in [4.78, 5) is 2.32. The van der Waals surface area contributed by atoms with Gasteiger partial charge in [0.15, 0.2) is 5.82 Å². The molecule has 1 saturated heterocycles. The minimum atomic E-state index is 0.337. The van der Waals surface area contributed by atoms with Crippen molar-refractivity contribution in [3.8, 4) is 0 Å². The number of aromatic amines is 1. The molecule has 1 aliphatic heterocycles. The number of hydrogen-bond acceptors (Lipinski definition) is 3. The maximum atomic E-state index is 5.90. The molecule has 1 unspecified atom stereocenters. The Hall–Kier alpha value is -1.03. The van der Waals surface area contributed by atoms with Gasteiger partial charge in [0.25, 0.3) is 0 Å². The highest BCUT2D eigenvalue weighted by atomic mass is 15.3. The van der Waals surface area contributed by atoms with Crippen LogP contribution in [-0.2, 0) is 12.8 Å². The van der Waals surface area contributed by atoms with E-state index in [0.29, 0.717) is 6.04 Å². The van der Waals surface area contributed by atoms with E-state index in [2.05, 4.69) is 15.1 Å². The summed E-state index contributed by atoms with van der Waals surface area (Å²) in [7, 11) is 0. The van der Waals surface area contributed by atoms with Crippen LogP contribution in [0.25, 0.3) is 0 Å². The van der Waals surface area contributed by atoms with Gasteiger partial charge in [-0.15, -0.1) is 0 Å². The molecular formula is C10H16N4. The van der Waals surface area contributed by atoms with Crippen molar-refractivity contribution in [3.63, 3.8) is 0 Å².